The molecule has 7 heteroatoms. The van der Waals surface area contributed by atoms with Crippen LogP contribution in [0.3, 0.4) is 0 Å². The summed E-state index contributed by atoms with van der Waals surface area (Å²) in [6, 6.07) is 10.4. The molecule has 0 bridgehead atoms. The first-order valence-electron chi connectivity index (χ1n) is 7.20. The standard InChI is InChI=1S/C17H12F4O3/c18-14-12(10-4-2-1-3-5-10)8-9-13(15(14)24-17(19,20)21)23-16(22)11-6-7-11/h1-5,8-9,11H,6-7H2. The van der Waals surface area contributed by atoms with Crippen LogP contribution in [-0.2, 0) is 4.79 Å². The molecule has 0 spiro atoms. The number of carbonyl (C=O) groups is 1. The van der Waals surface area contributed by atoms with Gasteiger partial charge in [0, 0.05) is 5.56 Å². The van der Waals surface area contributed by atoms with Crippen LogP contribution in [0.25, 0.3) is 11.1 Å². The van der Waals surface area contributed by atoms with Crippen molar-refractivity contribution < 1.29 is 31.8 Å². The smallest absolute Gasteiger partial charge is 0.422 e. The fourth-order valence-electron chi connectivity index (χ4n) is 2.18. The minimum atomic E-state index is -5.11. The summed E-state index contributed by atoms with van der Waals surface area (Å²) in [6.07, 6.45) is -3.89. The summed E-state index contributed by atoms with van der Waals surface area (Å²) in [6.45, 7) is 0. The third-order valence-corrected chi connectivity index (χ3v) is 3.48. The lowest BCUT2D eigenvalue weighted by Crippen LogP contribution is -2.20. The van der Waals surface area contributed by atoms with Crippen LogP contribution in [0.2, 0.25) is 0 Å². The van der Waals surface area contributed by atoms with E-state index in [1.54, 1.807) is 30.3 Å². The van der Waals surface area contributed by atoms with E-state index >= 15 is 0 Å². The Bertz CT molecular complexity index is 752. The number of benzene rings is 2. The second-order valence-electron chi connectivity index (χ2n) is 5.36. The Balaban J connectivity index is 2.02. The maximum Gasteiger partial charge on any atom is 0.573 e. The van der Waals surface area contributed by atoms with Crippen LogP contribution in [0.4, 0.5) is 17.6 Å². The number of rotatable bonds is 4. The third kappa shape index (κ3) is 3.67. The molecule has 2 aromatic rings. The molecule has 0 radical (unpaired) electrons. The third-order valence-electron chi connectivity index (χ3n) is 3.48. The van der Waals surface area contributed by atoms with Crippen LogP contribution in [0.1, 0.15) is 12.8 Å². The average molecular weight is 340 g/mol. The van der Waals surface area contributed by atoms with Gasteiger partial charge in [0.25, 0.3) is 0 Å². The van der Waals surface area contributed by atoms with E-state index < -0.39 is 29.6 Å². The summed E-state index contributed by atoms with van der Waals surface area (Å²) in [5.74, 6) is -3.99. The molecule has 1 fully saturated rings. The van der Waals surface area contributed by atoms with Crippen molar-refractivity contribution in [3.8, 4) is 22.6 Å². The van der Waals surface area contributed by atoms with E-state index in [0.29, 0.717) is 18.4 Å². The van der Waals surface area contributed by atoms with Gasteiger partial charge in [-0.3, -0.25) is 4.79 Å². The summed E-state index contributed by atoms with van der Waals surface area (Å²) in [7, 11) is 0. The first-order chi connectivity index (χ1) is 11.3. The molecule has 24 heavy (non-hydrogen) atoms. The van der Waals surface area contributed by atoms with Gasteiger partial charge in [-0.15, -0.1) is 13.2 Å². The lowest BCUT2D eigenvalue weighted by Gasteiger charge is -2.16. The quantitative estimate of drug-likeness (QED) is 0.459. The highest BCUT2D eigenvalue weighted by atomic mass is 19.4. The Morgan fingerprint density at radius 1 is 1.04 bits per heavy atom. The number of ether oxygens (including phenoxy) is 2. The number of hydrogen-bond acceptors (Lipinski definition) is 3. The lowest BCUT2D eigenvalue weighted by molar-refractivity contribution is -0.276. The van der Waals surface area contributed by atoms with Crippen molar-refractivity contribution in [2.45, 2.75) is 19.2 Å². The van der Waals surface area contributed by atoms with Crippen molar-refractivity contribution in [3.05, 3.63) is 48.3 Å². The van der Waals surface area contributed by atoms with Gasteiger partial charge in [-0.25, -0.2) is 4.39 Å². The van der Waals surface area contributed by atoms with Gasteiger partial charge < -0.3 is 9.47 Å². The zero-order valence-corrected chi connectivity index (χ0v) is 12.3. The molecule has 0 saturated heterocycles. The van der Waals surface area contributed by atoms with Crippen molar-refractivity contribution in [3.63, 3.8) is 0 Å². The van der Waals surface area contributed by atoms with Crippen molar-refractivity contribution >= 4 is 5.97 Å². The summed E-state index contributed by atoms with van der Waals surface area (Å²) in [5.41, 5.74) is 0.295. The van der Waals surface area contributed by atoms with Crippen molar-refractivity contribution in [2.24, 2.45) is 5.92 Å². The Morgan fingerprint density at radius 2 is 1.71 bits per heavy atom. The van der Waals surface area contributed by atoms with E-state index in [1.807, 2.05) is 0 Å². The molecule has 2 aromatic carbocycles. The number of hydrogen-bond donors (Lipinski definition) is 0. The van der Waals surface area contributed by atoms with Crippen LogP contribution in [0.5, 0.6) is 11.5 Å². The molecule has 0 N–H and O–H groups in total. The maximum absolute atomic E-state index is 14.6. The molecule has 126 valence electrons. The highest BCUT2D eigenvalue weighted by molar-refractivity contribution is 5.79. The molecule has 0 amide bonds. The summed E-state index contributed by atoms with van der Waals surface area (Å²) >= 11 is 0. The largest absolute Gasteiger partial charge is 0.573 e. The van der Waals surface area contributed by atoms with E-state index in [2.05, 4.69) is 4.74 Å². The maximum atomic E-state index is 14.6. The molecule has 1 aliphatic carbocycles. The van der Waals surface area contributed by atoms with Gasteiger partial charge in [-0.1, -0.05) is 30.3 Å². The Labute approximate surface area is 134 Å². The molecule has 1 saturated carbocycles. The Kier molecular flexibility index (Phi) is 4.17. The molecule has 0 unspecified atom stereocenters. The van der Waals surface area contributed by atoms with Gasteiger partial charge in [0.05, 0.1) is 5.92 Å². The second-order valence-corrected chi connectivity index (χ2v) is 5.36. The number of halogens is 4. The number of carbonyl (C=O) groups excluding carboxylic acids is 1. The van der Waals surface area contributed by atoms with E-state index in [4.69, 9.17) is 4.74 Å². The van der Waals surface area contributed by atoms with E-state index in [-0.39, 0.29) is 11.5 Å². The van der Waals surface area contributed by atoms with Crippen LogP contribution < -0.4 is 9.47 Å². The van der Waals surface area contributed by atoms with Crippen LogP contribution in [0.15, 0.2) is 42.5 Å². The Hall–Kier alpha value is -2.57. The van der Waals surface area contributed by atoms with Gasteiger partial charge in [0.1, 0.15) is 0 Å². The molecular weight excluding hydrogens is 328 g/mol. The van der Waals surface area contributed by atoms with Crippen LogP contribution in [0, 0.1) is 11.7 Å². The molecular formula is C17H12F4O3. The fraction of sp³-hybridized carbons (Fsp3) is 0.235. The van der Waals surface area contributed by atoms with Crippen LogP contribution in [-0.4, -0.2) is 12.3 Å². The molecule has 0 aliphatic heterocycles. The Morgan fingerprint density at radius 3 is 2.29 bits per heavy atom. The van der Waals surface area contributed by atoms with Gasteiger partial charge in [0.15, 0.2) is 11.6 Å². The fourth-order valence-corrected chi connectivity index (χ4v) is 2.18. The van der Waals surface area contributed by atoms with Gasteiger partial charge in [0.2, 0.25) is 5.75 Å². The van der Waals surface area contributed by atoms with Gasteiger partial charge in [-0.2, -0.15) is 0 Å². The van der Waals surface area contributed by atoms with Gasteiger partial charge >= 0.3 is 12.3 Å². The van der Waals surface area contributed by atoms with Crippen molar-refractivity contribution in [1.29, 1.82) is 0 Å². The molecule has 0 aromatic heterocycles. The molecule has 0 heterocycles. The SMILES string of the molecule is O=C(Oc1ccc(-c2ccccc2)c(F)c1OC(F)(F)F)C1CC1. The monoisotopic (exact) mass is 340 g/mol. The van der Waals surface area contributed by atoms with E-state index in [9.17, 15) is 22.4 Å². The topological polar surface area (TPSA) is 35.5 Å². The first-order valence-corrected chi connectivity index (χ1v) is 7.20. The number of esters is 1. The van der Waals surface area contributed by atoms with Gasteiger partial charge in [-0.05, 0) is 30.5 Å². The molecule has 3 nitrogen and oxygen atoms in total. The molecule has 0 atom stereocenters. The number of alkyl halides is 3. The highest BCUT2D eigenvalue weighted by Crippen LogP contribution is 2.41. The minimum absolute atomic E-state index is 0.0823. The predicted molar refractivity (Wildman–Crippen MR) is 76.9 cm³/mol. The molecule has 1 aliphatic rings. The summed E-state index contributed by atoms with van der Waals surface area (Å²) in [4.78, 5) is 11.7. The minimum Gasteiger partial charge on any atom is -0.422 e. The predicted octanol–water partition coefficient (Wildman–Crippen LogP) is 4.71. The van der Waals surface area contributed by atoms with Crippen LogP contribution >= 0.6 is 0 Å². The van der Waals surface area contributed by atoms with Crippen molar-refractivity contribution in [1.82, 2.24) is 0 Å². The zero-order chi connectivity index (χ0) is 17.3. The first kappa shape index (κ1) is 16.3. The second kappa shape index (κ2) is 6.14. The lowest BCUT2D eigenvalue weighted by atomic mass is 10.0. The zero-order valence-electron chi connectivity index (χ0n) is 12.3. The van der Waals surface area contributed by atoms with E-state index in [0.717, 1.165) is 6.07 Å². The summed E-state index contributed by atoms with van der Waals surface area (Å²) in [5, 5.41) is 0. The summed E-state index contributed by atoms with van der Waals surface area (Å²) < 4.78 is 61.1. The van der Waals surface area contributed by atoms with E-state index in [1.165, 1.54) is 6.07 Å². The average Bonchev–Trinajstić information content (AvgIpc) is 3.35. The highest BCUT2D eigenvalue weighted by Gasteiger charge is 2.37. The van der Waals surface area contributed by atoms with Crippen molar-refractivity contribution in [2.75, 3.05) is 0 Å². The molecule has 3 rings (SSSR count). The normalized spacial score (nSPS) is 14.3.